The van der Waals surface area contributed by atoms with Gasteiger partial charge in [-0.15, -0.1) is 16.4 Å². The van der Waals surface area contributed by atoms with Crippen LogP contribution in [0.2, 0.25) is 0 Å². The molecule has 0 unspecified atom stereocenters. The van der Waals surface area contributed by atoms with Crippen LogP contribution in [0.4, 0.5) is 0 Å². The summed E-state index contributed by atoms with van der Waals surface area (Å²) in [4.78, 5) is 12.9. The Labute approximate surface area is 193 Å². The number of carbonyl (C=O) groups is 1. The van der Waals surface area contributed by atoms with E-state index in [0.717, 1.165) is 22.4 Å². The molecule has 1 aliphatic rings. The van der Waals surface area contributed by atoms with E-state index >= 15 is 0 Å². The first kappa shape index (κ1) is 20.5. The summed E-state index contributed by atoms with van der Waals surface area (Å²) in [7, 11) is 0. The minimum atomic E-state index is -0.547. The molecule has 7 nitrogen and oxygen atoms in total. The number of nitrogens with zero attached hydrogens (tertiary/aromatic N) is 2. The maximum Gasteiger partial charge on any atom is 0.353 e. The molecular formula is C25H18N4O3S. The smallest absolute Gasteiger partial charge is 0.353 e. The summed E-state index contributed by atoms with van der Waals surface area (Å²) in [6.45, 7) is 2.01. The highest BCUT2D eigenvalue weighted by molar-refractivity contribution is 7.12. The van der Waals surface area contributed by atoms with Crippen molar-refractivity contribution in [3.05, 3.63) is 99.1 Å². The lowest BCUT2D eigenvalue weighted by Gasteiger charge is -2.24. The van der Waals surface area contributed by atoms with Crippen LogP contribution in [-0.2, 0) is 0 Å². The van der Waals surface area contributed by atoms with Crippen molar-refractivity contribution in [2.75, 3.05) is 0 Å². The zero-order valence-electron chi connectivity index (χ0n) is 17.5. The summed E-state index contributed by atoms with van der Waals surface area (Å²) in [6.07, 6.45) is 0. The van der Waals surface area contributed by atoms with Gasteiger partial charge in [-0.05, 0) is 36.1 Å². The van der Waals surface area contributed by atoms with Gasteiger partial charge in [-0.1, -0.05) is 48.0 Å². The van der Waals surface area contributed by atoms with Crippen LogP contribution in [0.1, 0.15) is 32.3 Å². The number of nitrogens with two attached hydrogens (primary N) is 1. The molecule has 0 bridgehead atoms. The second-order valence-corrected chi connectivity index (χ2v) is 8.50. The summed E-state index contributed by atoms with van der Waals surface area (Å²) in [5.74, 6) is -0.301. The molecule has 8 heteroatoms. The summed E-state index contributed by atoms with van der Waals surface area (Å²) in [5.41, 5.74) is 10.5. The van der Waals surface area contributed by atoms with Crippen molar-refractivity contribution < 1.29 is 14.3 Å². The fourth-order valence-corrected chi connectivity index (χ4v) is 4.43. The lowest BCUT2D eigenvalue weighted by molar-refractivity contribution is 0.0739. The number of benzene rings is 2. The largest absolute Gasteiger partial charge is 0.422 e. The Balaban J connectivity index is 1.59. The Morgan fingerprint density at radius 1 is 1.21 bits per heavy atom. The number of carbonyl (C=O) groups excluding carboxylic acids is 1. The number of H-pyrrole nitrogens is 1. The molecule has 0 spiro atoms. The van der Waals surface area contributed by atoms with E-state index in [1.807, 2.05) is 42.6 Å². The third kappa shape index (κ3) is 3.75. The standard InChI is InChI=1S/C25H18N4O3S/c1-14-7-9-15(10-8-14)22-21-20(18(13-26)23(27)32-24(21)29-28-22)16-4-2-5-17(12-16)31-25(30)19-6-3-11-33-19/h2-12,20H,27H2,1H3,(H,28,29)/t20-/m0/s1. The van der Waals surface area contributed by atoms with Crippen LogP contribution < -0.4 is 15.2 Å². The van der Waals surface area contributed by atoms with Gasteiger partial charge in [0.15, 0.2) is 0 Å². The average Bonchev–Trinajstić information content (AvgIpc) is 3.49. The van der Waals surface area contributed by atoms with Crippen LogP contribution in [0.3, 0.4) is 0 Å². The molecule has 2 aromatic carbocycles. The van der Waals surface area contributed by atoms with Crippen LogP contribution in [0, 0.1) is 18.3 Å². The molecule has 0 saturated heterocycles. The van der Waals surface area contributed by atoms with Gasteiger partial charge in [0.1, 0.15) is 22.3 Å². The van der Waals surface area contributed by atoms with Gasteiger partial charge in [0.05, 0.1) is 17.2 Å². The Morgan fingerprint density at radius 2 is 2.03 bits per heavy atom. The van der Waals surface area contributed by atoms with Crippen molar-refractivity contribution in [3.8, 4) is 29.0 Å². The number of hydrogen-bond donors (Lipinski definition) is 2. The maximum atomic E-state index is 12.4. The second-order valence-electron chi connectivity index (χ2n) is 7.55. The molecule has 0 radical (unpaired) electrons. The van der Waals surface area contributed by atoms with E-state index in [2.05, 4.69) is 16.3 Å². The van der Waals surface area contributed by atoms with E-state index < -0.39 is 11.9 Å². The number of thiophene rings is 1. The number of aromatic nitrogens is 2. The van der Waals surface area contributed by atoms with Crippen molar-refractivity contribution >= 4 is 17.3 Å². The highest BCUT2D eigenvalue weighted by Gasteiger charge is 2.35. The maximum absolute atomic E-state index is 12.4. The van der Waals surface area contributed by atoms with Crippen molar-refractivity contribution in [1.82, 2.24) is 10.2 Å². The van der Waals surface area contributed by atoms with Gasteiger partial charge in [0.25, 0.3) is 0 Å². The first-order chi connectivity index (χ1) is 16.0. The van der Waals surface area contributed by atoms with Crippen molar-refractivity contribution in [2.24, 2.45) is 5.73 Å². The van der Waals surface area contributed by atoms with E-state index in [4.69, 9.17) is 15.2 Å². The van der Waals surface area contributed by atoms with E-state index in [9.17, 15) is 10.1 Å². The summed E-state index contributed by atoms with van der Waals surface area (Å²) in [6, 6.07) is 20.7. The molecule has 0 aliphatic carbocycles. The molecule has 33 heavy (non-hydrogen) atoms. The zero-order valence-corrected chi connectivity index (χ0v) is 18.3. The van der Waals surface area contributed by atoms with E-state index in [1.165, 1.54) is 11.3 Å². The molecule has 0 fully saturated rings. The number of allylic oxidation sites excluding steroid dienone is 1. The van der Waals surface area contributed by atoms with Gasteiger partial charge >= 0.3 is 5.97 Å². The number of ether oxygens (including phenoxy) is 2. The molecule has 0 amide bonds. The second kappa shape index (κ2) is 8.30. The van der Waals surface area contributed by atoms with Gasteiger partial charge in [0, 0.05) is 5.56 Å². The SMILES string of the molecule is Cc1ccc(-c2[nH]nc3c2[C@@H](c2cccc(OC(=O)c4cccs4)c2)C(C#N)=C(N)O3)cc1. The molecule has 1 atom stereocenters. The Bertz CT molecular complexity index is 1410. The molecule has 0 saturated carbocycles. The van der Waals surface area contributed by atoms with Crippen LogP contribution in [0.15, 0.2) is 77.5 Å². The molecule has 162 valence electrons. The van der Waals surface area contributed by atoms with Crippen molar-refractivity contribution in [1.29, 1.82) is 5.26 Å². The predicted molar refractivity (Wildman–Crippen MR) is 124 cm³/mol. The molecule has 1 aliphatic heterocycles. The Morgan fingerprint density at radius 3 is 2.76 bits per heavy atom. The summed E-state index contributed by atoms with van der Waals surface area (Å²) < 4.78 is 11.2. The van der Waals surface area contributed by atoms with E-state index in [-0.39, 0.29) is 11.5 Å². The van der Waals surface area contributed by atoms with Gasteiger partial charge in [-0.2, -0.15) is 5.26 Å². The monoisotopic (exact) mass is 454 g/mol. The number of aryl methyl sites for hydroxylation is 1. The quantitative estimate of drug-likeness (QED) is 0.335. The molecular weight excluding hydrogens is 436 g/mol. The highest BCUT2D eigenvalue weighted by Crippen LogP contribution is 2.46. The van der Waals surface area contributed by atoms with Crippen LogP contribution in [-0.4, -0.2) is 16.2 Å². The minimum absolute atomic E-state index is 0.00191. The average molecular weight is 455 g/mol. The normalized spacial score (nSPS) is 14.8. The lowest BCUT2D eigenvalue weighted by atomic mass is 9.83. The molecule has 2 aromatic heterocycles. The van der Waals surface area contributed by atoms with Crippen LogP contribution in [0.25, 0.3) is 11.3 Å². The third-order valence-electron chi connectivity index (χ3n) is 5.40. The minimum Gasteiger partial charge on any atom is -0.422 e. The van der Waals surface area contributed by atoms with Crippen LogP contribution >= 0.6 is 11.3 Å². The number of nitrogens with one attached hydrogen (secondary N) is 1. The number of aromatic amines is 1. The number of rotatable bonds is 4. The van der Waals surface area contributed by atoms with Gasteiger partial charge < -0.3 is 15.2 Å². The third-order valence-corrected chi connectivity index (χ3v) is 6.25. The predicted octanol–water partition coefficient (Wildman–Crippen LogP) is 4.88. The number of esters is 1. The van der Waals surface area contributed by atoms with Crippen LogP contribution in [0.5, 0.6) is 11.6 Å². The highest BCUT2D eigenvalue weighted by atomic mass is 32.1. The van der Waals surface area contributed by atoms with Gasteiger partial charge in [-0.3, -0.25) is 5.10 Å². The fraction of sp³-hybridized carbons (Fsp3) is 0.0800. The van der Waals surface area contributed by atoms with Crippen molar-refractivity contribution in [2.45, 2.75) is 12.8 Å². The Kier molecular flexibility index (Phi) is 5.17. The topological polar surface area (TPSA) is 114 Å². The lowest BCUT2D eigenvalue weighted by Crippen LogP contribution is -2.21. The van der Waals surface area contributed by atoms with Gasteiger partial charge in [0.2, 0.25) is 11.8 Å². The molecule has 5 rings (SSSR count). The van der Waals surface area contributed by atoms with Crippen molar-refractivity contribution in [3.63, 3.8) is 0 Å². The number of hydrogen-bond acceptors (Lipinski definition) is 7. The Hall–Kier alpha value is -4.35. The first-order valence-electron chi connectivity index (χ1n) is 10.1. The first-order valence-corrected chi connectivity index (χ1v) is 11.0. The number of fused-ring (bicyclic) bond motifs is 1. The summed E-state index contributed by atoms with van der Waals surface area (Å²) in [5, 5.41) is 19.1. The number of nitriles is 1. The zero-order chi connectivity index (χ0) is 22.9. The molecule has 3 heterocycles. The fourth-order valence-electron chi connectivity index (χ4n) is 3.83. The summed E-state index contributed by atoms with van der Waals surface area (Å²) >= 11 is 1.31. The van der Waals surface area contributed by atoms with E-state index in [1.54, 1.807) is 30.3 Å². The molecule has 3 N–H and O–H groups in total. The molecule has 4 aromatic rings. The van der Waals surface area contributed by atoms with E-state index in [0.29, 0.717) is 22.1 Å². The van der Waals surface area contributed by atoms with Gasteiger partial charge in [-0.25, -0.2) is 4.79 Å².